The van der Waals surface area contributed by atoms with Gasteiger partial charge in [-0.1, -0.05) is 36.4 Å². The smallest absolute Gasteiger partial charge is 0.254 e. The van der Waals surface area contributed by atoms with E-state index >= 15 is 0 Å². The zero-order chi connectivity index (χ0) is 23.3. The molecule has 3 N–H and O–H groups in total. The van der Waals surface area contributed by atoms with Crippen LogP contribution in [0.15, 0.2) is 91.4 Å². The van der Waals surface area contributed by atoms with Gasteiger partial charge < -0.3 is 15.8 Å². The fraction of sp³-hybridized carbons (Fsp3) is 0.0769. The predicted molar refractivity (Wildman–Crippen MR) is 129 cm³/mol. The maximum absolute atomic E-state index is 12.6. The summed E-state index contributed by atoms with van der Waals surface area (Å²) in [5.41, 5.74) is 8.12. The normalized spacial score (nSPS) is 10.8. The number of pyridine rings is 2. The molecule has 168 valence electrons. The van der Waals surface area contributed by atoms with Crippen LogP contribution >= 0.6 is 0 Å². The quantitative estimate of drug-likeness (QED) is 0.385. The molecule has 0 atom stereocenters. The van der Waals surface area contributed by atoms with E-state index in [4.69, 9.17) is 10.5 Å². The number of hydrogen-bond donors (Lipinski definition) is 2. The molecule has 0 spiro atoms. The number of nitrogens with zero attached hydrogens (tertiary/aromatic N) is 4. The summed E-state index contributed by atoms with van der Waals surface area (Å²) in [6.45, 7) is 0.808. The number of fused-ring (bicyclic) bond motifs is 1. The van der Waals surface area contributed by atoms with Crippen LogP contribution in [0.4, 0.5) is 5.82 Å². The number of carbonyl (C=O) groups is 1. The third-order valence-corrected chi connectivity index (χ3v) is 5.28. The van der Waals surface area contributed by atoms with Crippen molar-refractivity contribution in [2.45, 2.75) is 13.1 Å². The number of benzene rings is 2. The summed E-state index contributed by atoms with van der Waals surface area (Å²) in [6.07, 6.45) is 4.92. The lowest BCUT2D eigenvalue weighted by atomic mass is 10.1. The van der Waals surface area contributed by atoms with Gasteiger partial charge in [-0.05, 0) is 41.3 Å². The Morgan fingerprint density at radius 2 is 1.91 bits per heavy atom. The first-order chi connectivity index (χ1) is 16.6. The van der Waals surface area contributed by atoms with E-state index in [2.05, 4.69) is 20.4 Å². The van der Waals surface area contributed by atoms with Crippen LogP contribution in [0.25, 0.3) is 10.8 Å². The van der Waals surface area contributed by atoms with E-state index < -0.39 is 0 Å². The summed E-state index contributed by atoms with van der Waals surface area (Å²) in [4.78, 5) is 21.3. The van der Waals surface area contributed by atoms with Crippen LogP contribution in [0.1, 0.15) is 21.6 Å². The summed E-state index contributed by atoms with van der Waals surface area (Å²) in [5.74, 6) is 1.51. The second kappa shape index (κ2) is 9.41. The van der Waals surface area contributed by atoms with E-state index in [1.807, 2.05) is 66.7 Å². The van der Waals surface area contributed by atoms with Crippen LogP contribution in [0.5, 0.6) is 11.6 Å². The average Bonchev–Trinajstić information content (AvgIpc) is 3.32. The monoisotopic (exact) mass is 450 g/mol. The van der Waals surface area contributed by atoms with E-state index in [0.717, 1.165) is 27.8 Å². The van der Waals surface area contributed by atoms with E-state index in [0.29, 0.717) is 30.4 Å². The third kappa shape index (κ3) is 4.86. The van der Waals surface area contributed by atoms with Gasteiger partial charge in [0.2, 0.25) is 5.88 Å². The Labute approximate surface area is 196 Å². The molecule has 0 saturated carbocycles. The Balaban J connectivity index is 1.21. The van der Waals surface area contributed by atoms with Crippen LogP contribution in [0.2, 0.25) is 0 Å². The first-order valence-electron chi connectivity index (χ1n) is 10.8. The molecule has 0 aliphatic rings. The van der Waals surface area contributed by atoms with Gasteiger partial charge in [0.15, 0.2) is 0 Å². The molecule has 5 aromatic rings. The van der Waals surface area contributed by atoms with Crippen LogP contribution in [0.3, 0.4) is 0 Å². The molecule has 1 amide bonds. The molecule has 0 saturated heterocycles. The first kappa shape index (κ1) is 21.1. The lowest BCUT2D eigenvalue weighted by Crippen LogP contribution is -2.22. The predicted octanol–water partition coefficient (Wildman–Crippen LogP) is 4.18. The molecule has 0 fully saturated rings. The van der Waals surface area contributed by atoms with Gasteiger partial charge in [0.05, 0.1) is 24.0 Å². The number of nitrogens with two attached hydrogens (primary N) is 1. The number of nitrogen functional groups attached to an aromatic ring is 1. The summed E-state index contributed by atoms with van der Waals surface area (Å²) < 4.78 is 7.47. The molecule has 0 aliphatic heterocycles. The fourth-order valence-corrected chi connectivity index (χ4v) is 3.59. The number of nitrogens with one attached hydrogen (secondary N) is 1. The molecule has 8 heteroatoms. The van der Waals surface area contributed by atoms with Gasteiger partial charge in [-0.25, -0.2) is 9.97 Å². The second-order valence-corrected chi connectivity index (χ2v) is 7.74. The zero-order valence-corrected chi connectivity index (χ0v) is 18.3. The molecule has 3 heterocycles. The van der Waals surface area contributed by atoms with E-state index in [1.165, 1.54) is 0 Å². The van der Waals surface area contributed by atoms with Gasteiger partial charge in [-0.3, -0.25) is 9.48 Å². The van der Waals surface area contributed by atoms with Crippen molar-refractivity contribution in [2.24, 2.45) is 0 Å². The number of carbonyl (C=O) groups excluding carboxylic acids is 1. The minimum Gasteiger partial charge on any atom is -0.439 e. The highest BCUT2D eigenvalue weighted by Crippen LogP contribution is 2.20. The second-order valence-electron chi connectivity index (χ2n) is 7.74. The van der Waals surface area contributed by atoms with Gasteiger partial charge in [0, 0.05) is 30.4 Å². The van der Waals surface area contributed by atoms with Crippen LogP contribution in [-0.2, 0) is 13.1 Å². The van der Waals surface area contributed by atoms with Crippen molar-refractivity contribution in [1.29, 1.82) is 0 Å². The number of para-hydroxylation sites is 1. The zero-order valence-electron chi connectivity index (χ0n) is 18.3. The van der Waals surface area contributed by atoms with Crippen molar-refractivity contribution >= 4 is 22.5 Å². The highest BCUT2D eigenvalue weighted by Gasteiger charge is 2.10. The third-order valence-electron chi connectivity index (χ3n) is 5.28. The van der Waals surface area contributed by atoms with Crippen molar-refractivity contribution in [3.63, 3.8) is 0 Å². The molecule has 0 radical (unpaired) electrons. The summed E-state index contributed by atoms with van der Waals surface area (Å²) in [7, 11) is 0. The maximum Gasteiger partial charge on any atom is 0.254 e. The fourth-order valence-electron chi connectivity index (χ4n) is 3.59. The van der Waals surface area contributed by atoms with Crippen molar-refractivity contribution < 1.29 is 9.53 Å². The molecule has 34 heavy (non-hydrogen) atoms. The Morgan fingerprint density at radius 1 is 1.03 bits per heavy atom. The lowest BCUT2D eigenvalue weighted by molar-refractivity contribution is 0.0951. The number of aromatic nitrogens is 4. The Morgan fingerprint density at radius 3 is 2.79 bits per heavy atom. The van der Waals surface area contributed by atoms with Crippen LogP contribution < -0.4 is 15.8 Å². The van der Waals surface area contributed by atoms with Gasteiger partial charge in [0.1, 0.15) is 11.6 Å². The minimum atomic E-state index is -0.199. The summed E-state index contributed by atoms with van der Waals surface area (Å²) >= 11 is 0. The number of amides is 1. The van der Waals surface area contributed by atoms with E-state index in [1.54, 1.807) is 29.3 Å². The Bertz CT molecular complexity index is 1450. The topological polar surface area (TPSA) is 108 Å². The van der Waals surface area contributed by atoms with Crippen molar-refractivity contribution in [3.8, 4) is 11.6 Å². The van der Waals surface area contributed by atoms with Gasteiger partial charge in [-0.15, -0.1) is 0 Å². The van der Waals surface area contributed by atoms with Crippen molar-refractivity contribution in [1.82, 2.24) is 25.1 Å². The molecule has 0 unspecified atom stereocenters. The molecule has 0 bridgehead atoms. The molecule has 3 aromatic heterocycles. The molecule has 0 aliphatic carbocycles. The van der Waals surface area contributed by atoms with Gasteiger partial charge in [0.25, 0.3) is 5.91 Å². The standard InChI is InChI=1S/C26H22N6O2/c27-25-23-10-9-18(13-19(23)11-12-28-25)14-29-26(33)20-15-30-32(16-20)17-21-5-4-8-24(31-21)34-22-6-2-1-3-7-22/h1-13,15-16H,14,17H2,(H2,27,28)(H,29,33). The molecular formula is C26H22N6O2. The number of hydrogen-bond acceptors (Lipinski definition) is 6. The average molecular weight is 451 g/mol. The highest BCUT2D eigenvalue weighted by atomic mass is 16.5. The highest BCUT2D eigenvalue weighted by molar-refractivity contribution is 5.94. The van der Waals surface area contributed by atoms with Crippen molar-refractivity contribution in [3.05, 3.63) is 108 Å². The van der Waals surface area contributed by atoms with Crippen LogP contribution in [0, 0.1) is 0 Å². The SMILES string of the molecule is Nc1nccc2cc(CNC(=O)c3cnn(Cc4cccc(Oc5ccccc5)n4)c3)ccc12. The molecule has 2 aromatic carbocycles. The lowest BCUT2D eigenvalue weighted by Gasteiger charge is -2.07. The van der Waals surface area contributed by atoms with Gasteiger partial charge >= 0.3 is 0 Å². The molecule has 8 nitrogen and oxygen atoms in total. The Kier molecular flexibility index (Phi) is 5.85. The minimum absolute atomic E-state index is 0.199. The molecular weight excluding hydrogens is 428 g/mol. The van der Waals surface area contributed by atoms with E-state index in [-0.39, 0.29) is 5.91 Å². The first-order valence-corrected chi connectivity index (χ1v) is 10.8. The number of ether oxygens (including phenoxy) is 1. The molecule has 5 rings (SSSR count). The van der Waals surface area contributed by atoms with Crippen molar-refractivity contribution in [2.75, 3.05) is 5.73 Å². The Hall–Kier alpha value is -4.72. The summed E-state index contributed by atoms with van der Waals surface area (Å²) in [6, 6.07) is 22.8. The maximum atomic E-state index is 12.6. The summed E-state index contributed by atoms with van der Waals surface area (Å²) in [5, 5.41) is 9.12. The number of rotatable bonds is 7. The van der Waals surface area contributed by atoms with Gasteiger partial charge in [-0.2, -0.15) is 5.10 Å². The van der Waals surface area contributed by atoms with E-state index in [9.17, 15) is 4.79 Å². The largest absolute Gasteiger partial charge is 0.439 e. The number of anilines is 1. The van der Waals surface area contributed by atoms with Crippen LogP contribution in [-0.4, -0.2) is 25.7 Å².